The van der Waals surface area contributed by atoms with Gasteiger partial charge in [-0.3, -0.25) is 4.90 Å². The van der Waals surface area contributed by atoms with Gasteiger partial charge in [0.25, 0.3) is 0 Å². The predicted molar refractivity (Wildman–Crippen MR) is 78.2 cm³/mol. The summed E-state index contributed by atoms with van der Waals surface area (Å²) in [5, 5.41) is 3.58. The summed E-state index contributed by atoms with van der Waals surface area (Å²) in [5.74, 6) is 1.26. The quantitative estimate of drug-likeness (QED) is 0.838. The van der Waals surface area contributed by atoms with Gasteiger partial charge in [0.2, 0.25) is 0 Å². The normalized spacial score (nSPS) is 33.1. The molecule has 2 aliphatic heterocycles. The molecule has 2 nitrogen and oxygen atoms in total. The smallest absolute Gasteiger partial charge is 0.0371 e. The maximum atomic E-state index is 3.58. The van der Waals surface area contributed by atoms with E-state index in [9.17, 15) is 0 Å². The lowest BCUT2D eigenvalue weighted by atomic mass is 9.98. The maximum Gasteiger partial charge on any atom is 0.0371 e. The van der Waals surface area contributed by atoms with Crippen molar-refractivity contribution in [3.05, 3.63) is 29.8 Å². The van der Waals surface area contributed by atoms with E-state index in [0.717, 1.165) is 6.54 Å². The molecule has 18 heavy (non-hydrogen) atoms. The van der Waals surface area contributed by atoms with Crippen LogP contribution in [0.15, 0.2) is 29.2 Å². The fraction of sp³-hybridized carbons (Fsp3) is 0.600. The third-order valence-corrected chi connectivity index (χ3v) is 5.26. The summed E-state index contributed by atoms with van der Waals surface area (Å²) in [7, 11) is 0. The Morgan fingerprint density at radius 3 is 3.00 bits per heavy atom. The van der Waals surface area contributed by atoms with Gasteiger partial charge < -0.3 is 5.32 Å². The minimum atomic E-state index is 0.614. The molecule has 98 valence electrons. The van der Waals surface area contributed by atoms with Gasteiger partial charge in [-0.1, -0.05) is 18.2 Å². The molecule has 3 rings (SSSR count). The van der Waals surface area contributed by atoms with Gasteiger partial charge in [0.15, 0.2) is 0 Å². The van der Waals surface area contributed by atoms with Crippen LogP contribution in [-0.4, -0.2) is 35.8 Å². The molecule has 3 unspecified atom stereocenters. The number of nitrogens with one attached hydrogen (secondary N) is 1. The van der Waals surface area contributed by atoms with Gasteiger partial charge in [-0.15, -0.1) is 11.8 Å². The Bertz CT molecular complexity index is 421. The Labute approximate surface area is 114 Å². The second-order valence-electron chi connectivity index (χ2n) is 5.55. The second kappa shape index (κ2) is 5.24. The number of nitrogens with zero attached hydrogens (tertiary/aromatic N) is 1. The zero-order valence-electron chi connectivity index (χ0n) is 11.2. The highest BCUT2D eigenvalue weighted by atomic mass is 32.2. The number of hydrogen-bond acceptors (Lipinski definition) is 3. The molecule has 1 fully saturated rings. The van der Waals surface area contributed by atoms with E-state index in [2.05, 4.69) is 48.3 Å². The minimum absolute atomic E-state index is 0.614. The summed E-state index contributed by atoms with van der Waals surface area (Å²) in [5.41, 5.74) is 1.55. The van der Waals surface area contributed by atoms with Crippen molar-refractivity contribution in [2.75, 3.05) is 18.8 Å². The third-order valence-electron chi connectivity index (χ3n) is 4.14. The molecule has 0 bridgehead atoms. The lowest BCUT2D eigenvalue weighted by molar-refractivity contribution is 0.0905. The molecule has 2 aliphatic rings. The summed E-state index contributed by atoms with van der Waals surface area (Å²) in [6.45, 7) is 6.93. The van der Waals surface area contributed by atoms with Crippen LogP contribution in [0, 0.1) is 0 Å². The number of benzene rings is 1. The third kappa shape index (κ3) is 2.31. The Morgan fingerprint density at radius 2 is 2.11 bits per heavy atom. The van der Waals surface area contributed by atoms with E-state index < -0.39 is 0 Å². The van der Waals surface area contributed by atoms with E-state index in [0.29, 0.717) is 18.1 Å². The van der Waals surface area contributed by atoms with Crippen molar-refractivity contribution in [3.8, 4) is 0 Å². The monoisotopic (exact) mass is 262 g/mol. The fourth-order valence-electron chi connectivity index (χ4n) is 3.15. The van der Waals surface area contributed by atoms with Gasteiger partial charge in [-0.05, 0) is 37.7 Å². The van der Waals surface area contributed by atoms with E-state index in [1.165, 1.54) is 23.6 Å². The number of rotatable bonds is 1. The average molecular weight is 262 g/mol. The Kier molecular flexibility index (Phi) is 3.64. The molecule has 0 aliphatic carbocycles. The van der Waals surface area contributed by atoms with E-state index in [1.807, 2.05) is 11.8 Å². The van der Waals surface area contributed by atoms with Crippen molar-refractivity contribution in [1.29, 1.82) is 0 Å². The zero-order chi connectivity index (χ0) is 12.5. The summed E-state index contributed by atoms with van der Waals surface area (Å²) in [6, 6.07) is 10.8. The van der Waals surface area contributed by atoms with Crippen molar-refractivity contribution in [2.45, 2.75) is 43.3 Å². The number of hydrogen-bond donors (Lipinski definition) is 1. The lowest BCUT2D eigenvalue weighted by Crippen LogP contribution is -2.55. The number of fused-ring (bicyclic) bond motifs is 1. The van der Waals surface area contributed by atoms with Crippen LogP contribution in [0.3, 0.4) is 0 Å². The standard InChI is InChI=1S/C15H22N2S/c1-11-10-17(12(2)9-16-11)14-7-8-18-15-6-4-3-5-13(14)15/h3-6,11-12,14,16H,7-10H2,1-2H3. The van der Waals surface area contributed by atoms with E-state index in [-0.39, 0.29) is 0 Å². The van der Waals surface area contributed by atoms with Crippen LogP contribution in [-0.2, 0) is 0 Å². The highest BCUT2D eigenvalue weighted by Gasteiger charge is 2.32. The molecular weight excluding hydrogens is 240 g/mol. The number of piperazine rings is 1. The molecule has 2 heterocycles. The van der Waals surface area contributed by atoms with Gasteiger partial charge >= 0.3 is 0 Å². The largest absolute Gasteiger partial charge is 0.311 e. The molecule has 3 atom stereocenters. The van der Waals surface area contributed by atoms with Crippen LogP contribution in [0.1, 0.15) is 31.9 Å². The molecule has 1 aromatic rings. The fourth-order valence-corrected chi connectivity index (χ4v) is 4.26. The topological polar surface area (TPSA) is 15.3 Å². The van der Waals surface area contributed by atoms with E-state index in [4.69, 9.17) is 0 Å². The van der Waals surface area contributed by atoms with Gasteiger partial charge in [0.1, 0.15) is 0 Å². The Hall–Kier alpha value is -0.510. The van der Waals surface area contributed by atoms with Crippen LogP contribution in [0.4, 0.5) is 0 Å². The van der Waals surface area contributed by atoms with Gasteiger partial charge in [-0.25, -0.2) is 0 Å². The SMILES string of the molecule is CC1CN(C2CCSc3ccccc32)C(C)CN1. The highest BCUT2D eigenvalue weighted by Crippen LogP contribution is 2.40. The van der Waals surface area contributed by atoms with Crippen LogP contribution in [0.2, 0.25) is 0 Å². The molecule has 1 N–H and O–H groups in total. The maximum absolute atomic E-state index is 3.58. The number of thioether (sulfide) groups is 1. The van der Waals surface area contributed by atoms with Crippen molar-refractivity contribution >= 4 is 11.8 Å². The van der Waals surface area contributed by atoms with Crippen molar-refractivity contribution < 1.29 is 0 Å². The van der Waals surface area contributed by atoms with Gasteiger partial charge in [0.05, 0.1) is 0 Å². The molecule has 3 heteroatoms. The molecule has 0 amide bonds. The first-order chi connectivity index (χ1) is 8.75. The molecule has 0 aromatic heterocycles. The first-order valence-corrected chi connectivity index (χ1v) is 7.95. The van der Waals surface area contributed by atoms with Crippen molar-refractivity contribution in [2.24, 2.45) is 0 Å². The van der Waals surface area contributed by atoms with Crippen molar-refractivity contribution in [1.82, 2.24) is 10.2 Å². The predicted octanol–water partition coefficient (Wildman–Crippen LogP) is 2.91. The van der Waals surface area contributed by atoms with E-state index >= 15 is 0 Å². The molecule has 1 saturated heterocycles. The molecular formula is C15H22N2S. The molecule has 1 aromatic carbocycles. The molecule has 0 saturated carbocycles. The molecule has 0 spiro atoms. The van der Waals surface area contributed by atoms with Crippen LogP contribution in [0.25, 0.3) is 0 Å². The van der Waals surface area contributed by atoms with Crippen LogP contribution >= 0.6 is 11.8 Å². The molecule has 0 radical (unpaired) electrons. The summed E-state index contributed by atoms with van der Waals surface area (Å²) < 4.78 is 0. The summed E-state index contributed by atoms with van der Waals surface area (Å²) in [4.78, 5) is 4.20. The zero-order valence-corrected chi connectivity index (χ0v) is 12.0. The van der Waals surface area contributed by atoms with Gasteiger partial charge in [0, 0.05) is 36.1 Å². The summed E-state index contributed by atoms with van der Waals surface area (Å²) >= 11 is 2.02. The second-order valence-corrected chi connectivity index (χ2v) is 6.68. The van der Waals surface area contributed by atoms with Crippen LogP contribution < -0.4 is 5.32 Å². The van der Waals surface area contributed by atoms with Crippen LogP contribution in [0.5, 0.6) is 0 Å². The average Bonchev–Trinajstić information content (AvgIpc) is 2.41. The van der Waals surface area contributed by atoms with E-state index in [1.54, 1.807) is 5.56 Å². The van der Waals surface area contributed by atoms with Gasteiger partial charge in [-0.2, -0.15) is 0 Å². The minimum Gasteiger partial charge on any atom is -0.311 e. The lowest BCUT2D eigenvalue weighted by Gasteiger charge is -2.44. The summed E-state index contributed by atoms with van der Waals surface area (Å²) in [6.07, 6.45) is 1.29. The first-order valence-electron chi connectivity index (χ1n) is 6.96. The Morgan fingerprint density at radius 1 is 1.28 bits per heavy atom. The highest BCUT2D eigenvalue weighted by molar-refractivity contribution is 7.99. The van der Waals surface area contributed by atoms with Crippen molar-refractivity contribution in [3.63, 3.8) is 0 Å². The first kappa shape index (κ1) is 12.5. The Balaban J connectivity index is 1.88.